The van der Waals surface area contributed by atoms with Crippen LogP contribution in [-0.4, -0.2) is 29.9 Å². The average Bonchev–Trinajstić information content (AvgIpc) is 2.71. The van der Waals surface area contributed by atoms with Crippen molar-refractivity contribution < 1.29 is 19.1 Å². The first kappa shape index (κ1) is 22.6. The lowest BCUT2D eigenvalue weighted by atomic mass is 10.0. The van der Waals surface area contributed by atoms with Crippen molar-refractivity contribution in [1.29, 1.82) is 5.26 Å². The number of benzene rings is 2. The van der Waals surface area contributed by atoms with E-state index >= 15 is 0 Å². The van der Waals surface area contributed by atoms with E-state index in [1.165, 1.54) is 13.0 Å². The van der Waals surface area contributed by atoms with E-state index in [-0.39, 0.29) is 11.8 Å². The highest BCUT2D eigenvalue weighted by molar-refractivity contribution is 5.99. The Hall–Kier alpha value is -3.66. The number of rotatable bonds is 7. The van der Waals surface area contributed by atoms with E-state index in [0.29, 0.717) is 16.8 Å². The number of carbonyl (C=O) groups excluding carboxylic acids is 3. The van der Waals surface area contributed by atoms with Crippen LogP contribution in [0.4, 0.5) is 5.69 Å². The maximum atomic E-state index is 12.6. The number of anilines is 1. The molecule has 2 rings (SSSR count). The summed E-state index contributed by atoms with van der Waals surface area (Å²) in [6.45, 7) is 6.82. The zero-order valence-corrected chi connectivity index (χ0v) is 17.4. The summed E-state index contributed by atoms with van der Waals surface area (Å²) >= 11 is 0. The van der Waals surface area contributed by atoms with E-state index < -0.39 is 24.0 Å². The van der Waals surface area contributed by atoms with Crippen LogP contribution in [0.5, 0.6) is 0 Å². The molecule has 0 aliphatic carbocycles. The summed E-state index contributed by atoms with van der Waals surface area (Å²) in [6.07, 6.45) is -1.08. The zero-order chi connectivity index (χ0) is 22.3. The van der Waals surface area contributed by atoms with Crippen molar-refractivity contribution in [3.05, 3.63) is 65.2 Å². The number of carbonyl (C=O) groups is 3. The largest absolute Gasteiger partial charge is 0.451 e. The summed E-state index contributed by atoms with van der Waals surface area (Å²) in [5.74, 6) is -1.85. The van der Waals surface area contributed by atoms with E-state index in [0.717, 1.165) is 5.56 Å². The minimum atomic E-state index is -1.08. The third-order valence-electron chi connectivity index (χ3n) is 4.52. The van der Waals surface area contributed by atoms with Crippen LogP contribution in [0.1, 0.15) is 42.3 Å². The Balaban J connectivity index is 2.03. The minimum Gasteiger partial charge on any atom is -0.451 e. The van der Waals surface area contributed by atoms with Gasteiger partial charge in [-0.15, -0.1) is 0 Å². The second-order valence-electron chi connectivity index (χ2n) is 7.27. The smallest absolute Gasteiger partial charge is 0.329 e. The van der Waals surface area contributed by atoms with Gasteiger partial charge < -0.3 is 15.4 Å². The van der Waals surface area contributed by atoms with Crippen molar-refractivity contribution in [2.24, 2.45) is 5.92 Å². The molecule has 7 nitrogen and oxygen atoms in total. The van der Waals surface area contributed by atoms with Crippen LogP contribution < -0.4 is 10.6 Å². The standard InChI is InChI=1S/C23H25N3O4/c1-14(2)20(26-22(28)19-11-6-5-8-15(19)3)23(29)30-16(4)21(27)25-18-10-7-9-17(12-18)13-24/h5-12,14,16,20H,1-4H3,(H,25,27)(H,26,28)/t16-,20+/m1/s1. The highest BCUT2D eigenvalue weighted by Gasteiger charge is 2.29. The Morgan fingerprint density at radius 3 is 2.37 bits per heavy atom. The van der Waals surface area contributed by atoms with Crippen molar-refractivity contribution in [1.82, 2.24) is 5.32 Å². The van der Waals surface area contributed by atoms with Gasteiger partial charge in [0.2, 0.25) is 0 Å². The summed E-state index contributed by atoms with van der Waals surface area (Å²) in [7, 11) is 0. The Bertz CT molecular complexity index is 978. The summed E-state index contributed by atoms with van der Waals surface area (Å²) < 4.78 is 5.30. The van der Waals surface area contributed by atoms with Gasteiger partial charge in [-0.05, 0) is 49.6 Å². The molecular weight excluding hydrogens is 382 g/mol. The van der Waals surface area contributed by atoms with Gasteiger partial charge >= 0.3 is 5.97 Å². The first-order chi connectivity index (χ1) is 14.2. The number of ether oxygens (including phenoxy) is 1. The molecule has 2 amide bonds. The van der Waals surface area contributed by atoms with Gasteiger partial charge in [-0.1, -0.05) is 38.1 Å². The Morgan fingerprint density at radius 1 is 1.03 bits per heavy atom. The van der Waals surface area contributed by atoms with Gasteiger partial charge in [0.05, 0.1) is 11.6 Å². The lowest BCUT2D eigenvalue weighted by Crippen LogP contribution is -2.47. The van der Waals surface area contributed by atoms with Gasteiger partial charge in [-0.25, -0.2) is 4.79 Å². The number of nitrogens with one attached hydrogen (secondary N) is 2. The minimum absolute atomic E-state index is 0.243. The molecule has 156 valence electrons. The van der Waals surface area contributed by atoms with E-state index in [1.807, 2.05) is 25.1 Å². The number of esters is 1. The SMILES string of the molecule is Cc1ccccc1C(=O)N[C@H](C(=O)O[C@H](C)C(=O)Nc1cccc(C#N)c1)C(C)C. The number of hydrogen-bond donors (Lipinski definition) is 2. The van der Waals surface area contributed by atoms with E-state index in [9.17, 15) is 14.4 Å². The molecule has 0 fully saturated rings. The number of nitrogens with zero attached hydrogens (tertiary/aromatic N) is 1. The first-order valence-electron chi connectivity index (χ1n) is 9.61. The summed E-state index contributed by atoms with van der Waals surface area (Å²) in [4.78, 5) is 37.6. The van der Waals surface area contributed by atoms with Crippen molar-refractivity contribution in [3.63, 3.8) is 0 Å². The quantitative estimate of drug-likeness (QED) is 0.685. The average molecular weight is 407 g/mol. The van der Waals surface area contributed by atoms with E-state index in [1.54, 1.807) is 44.2 Å². The van der Waals surface area contributed by atoms with Crippen LogP contribution in [0, 0.1) is 24.2 Å². The summed E-state index contributed by atoms with van der Waals surface area (Å²) in [5.41, 5.74) is 2.09. The molecule has 30 heavy (non-hydrogen) atoms. The van der Waals surface area contributed by atoms with Crippen molar-refractivity contribution in [2.45, 2.75) is 39.8 Å². The highest BCUT2D eigenvalue weighted by atomic mass is 16.5. The molecule has 2 atom stereocenters. The molecule has 0 aliphatic heterocycles. The summed E-state index contributed by atoms with van der Waals surface area (Å²) in [5, 5.41) is 14.3. The monoisotopic (exact) mass is 407 g/mol. The molecule has 0 spiro atoms. The molecule has 0 aromatic heterocycles. The van der Waals surface area contributed by atoms with Crippen LogP contribution in [0.25, 0.3) is 0 Å². The van der Waals surface area contributed by atoms with Gasteiger partial charge in [0.15, 0.2) is 6.10 Å². The fourth-order valence-electron chi connectivity index (χ4n) is 2.76. The number of hydrogen-bond acceptors (Lipinski definition) is 5. The molecule has 2 N–H and O–H groups in total. The number of nitriles is 1. The van der Waals surface area contributed by atoms with Crippen LogP contribution in [0.3, 0.4) is 0 Å². The van der Waals surface area contributed by atoms with Gasteiger partial charge in [-0.3, -0.25) is 9.59 Å². The van der Waals surface area contributed by atoms with E-state index in [2.05, 4.69) is 10.6 Å². The lowest BCUT2D eigenvalue weighted by molar-refractivity contribution is -0.156. The van der Waals surface area contributed by atoms with Gasteiger partial charge in [0, 0.05) is 11.3 Å². The van der Waals surface area contributed by atoms with Crippen molar-refractivity contribution >= 4 is 23.5 Å². The maximum Gasteiger partial charge on any atom is 0.329 e. The molecule has 0 bridgehead atoms. The predicted octanol–water partition coefficient (Wildman–Crippen LogP) is 3.19. The summed E-state index contributed by atoms with van der Waals surface area (Å²) in [6, 6.07) is 14.6. The number of amides is 2. The highest BCUT2D eigenvalue weighted by Crippen LogP contribution is 2.13. The Morgan fingerprint density at radius 2 is 1.73 bits per heavy atom. The third kappa shape index (κ3) is 5.92. The lowest BCUT2D eigenvalue weighted by Gasteiger charge is -2.23. The van der Waals surface area contributed by atoms with Gasteiger partial charge in [0.25, 0.3) is 11.8 Å². The second-order valence-corrected chi connectivity index (χ2v) is 7.27. The second kappa shape index (κ2) is 10.2. The topological polar surface area (TPSA) is 108 Å². The van der Waals surface area contributed by atoms with Crippen molar-refractivity contribution in [2.75, 3.05) is 5.32 Å². The molecule has 0 saturated carbocycles. The molecule has 0 aliphatic rings. The van der Waals surface area contributed by atoms with Crippen LogP contribution in [-0.2, 0) is 14.3 Å². The maximum absolute atomic E-state index is 12.6. The van der Waals surface area contributed by atoms with E-state index in [4.69, 9.17) is 10.00 Å². The van der Waals surface area contributed by atoms with Gasteiger partial charge in [0.1, 0.15) is 6.04 Å². The molecule has 2 aromatic rings. The molecule has 7 heteroatoms. The fourth-order valence-corrected chi connectivity index (χ4v) is 2.76. The molecule has 2 aromatic carbocycles. The normalized spacial score (nSPS) is 12.4. The molecule has 0 unspecified atom stereocenters. The zero-order valence-electron chi connectivity index (χ0n) is 17.4. The third-order valence-corrected chi connectivity index (χ3v) is 4.52. The van der Waals surface area contributed by atoms with Crippen LogP contribution >= 0.6 is 0 Å². The Kier molecular flexibility index (Phi) is 7.70. The van der Waals surface area contributed by atoms with Crippen molar-refractivity contribution in [3.8, 4) is 6.07 Å². The molecule has 0 radical (unpaired) electrons. The Labute approximate surface area is 176 Å². The van der Waals surface area contributed by atoms with Gasteiger partial charge in [-0.2, -0.15) is 5.26 Å². The predicted molar refractivity (Wildman–Crippen MR) is 113 cm³/mol. The molecule has 0 saturated heterocycles. The van der Waals surface area contributed by atoms with Crippen LogP contribution in [0.2, 0.25) is 0 Å². The first-order valence-corrected chi connectivity index (χ1v) is 9.61. The van der Waals surface area contributed by atoms with Crippen LogP contribution in [0.15, 0.2) is 48.5 Å². The number of aryl methyl sites for hydroxylation is 1. The fraction of sp³-hybridized carbons (Fsp3) is 0.304. The molecule has 0 heterocycles. The molecular formula is C23H25N3O4.